The minimum Gasteiger partial charge on any atom is -0.370 e. The molecule has 2 heterocycles. The van der Waals surface area contributed by atoms with E-state index in [0.717, 1.165) is 32.5 Å². The third-order valence-corrected chi connectivity index (χ3v) is 3.53. The predicted molar refractivity (Wildman–Crippen MR) is 77.4 cm³/mol. The van der Waals surface area contributed by atoms with E-state index in [4.69, 9.17) is 0 Å². The lowest BCUT2D eigenvalue weighted by molar-refractivity contribution is 0.0743. The minimum absolute atomic E-state index is 0.117. The Morgan fingerprint density at radius 3 is 2.63 bits per heavy atom. The molecule has 0 aromatic carbocycles. The molecule has 19 heavy (non-hydrogen) atoms. The first-order valence-electron chi connectivity index (χ1n) is 7.31. The SMILES string of the molecule is CCNc1ncccc1C(=O)N1CCCCCCC1. The molecule has 0 unspecified atom stereocenters. The van der Waals surface area contributed by atoms with Gasteiger partial charge >= 0.3 is 0 Å². The number of nitrogens with zero attached hydrogens (tertiary/aromatic N) is 2. The highest BCUT2D eigenvalue weighted by Gasteiger charge is 2.19. The summed E-state index contributed by atoms with van der Waals surface area (Å²) in [7, 11) is 0. The van der Waals surface area contributed by atoms with Crippen molar-refractivity contribution in [3.05, 3.63) is 23.9 Å². The molecule has 0 aliphatic carbocycles. The van der Waals surface area contributed by atoms with Gasteiger partial charge in [-0.2, -0.15) is 0 Å². The Balaban J connectivity index is 2.12. The lowest BCUT2D eigenvalue weighted by atomic mass is 10.1. The Hall–Kier alpha value is -1.58. The molecule has 1 aromatic heterocycles. The molecule has 1 aliphatic rings. The highest BCUT2D eigenvalue weighted by molar-refractivity contribution is 5.98. The zero-order valence-electron chi connectivity index (χ0n) is 11.7. The minimum atomic E-state index is 0.117. The van der Waals surface area contributed by atoms with Gasteiger partial charge in [0.15, 0.2) is 0 Å². The van der Waals surface area contributed by atoms with Crippen LogP contribution in [-0.2, 0) is 0 Å². The summed E-state index contributed by atoms with van der Waals surface area (Å²) in [5, 5.41) is 3.17. The standard InChI is InChI=1S/C15H23N3O/c1-2-16-14-13(9-8-10-17-14)15(19)18-11-6-4-3-5-7-12-18/h8-10H,2-7,11-12H2,1H3,(H,16,17). The molecular formula is C15H23N3O. The molecule has 4 heteroatoms. The van der Waals surface area contributed by atoms with Crippen LogP contribution in [0.25, 0.3) is 0 Å². The molecule has 0 radical (unpaired) electrons. The number of anilines is 1. The van der Waals surface area contributed by atoms with Crippen molar-refractivity contribution in [3.63, 3.8) is 0 Å². The monoisotopic (exact) mass is 261 g/mol. The molecule has 104 valence electrons. The zero-order valence-corrected chi connectivity index (χ0v) is 11.7. The number of aromatic nitrogens is 1. The lowest BCUT2D eigenvalue weighted by Crippen LogP contribution is -2.34. The highest BCUT2D eigenvalue weighted by Crippen LogP contribution is 2.17. The van der Waals surface area contributed by atoms with Crippen LogP contribution in [0.5, 0.6) is 0 Å². The van der Waals surface area contributed by atoms with E-state index >= 15 is 0 Å². The van der Waals surface area contributed by atoms with Crippen molar-refractivity contribution in [3.8, 4) is 0 Å². The van der Waals surface area contributed by atoms with E-state index in [1.807, 2.05) is 24.0 Å². The topological polar surface area (TPSA) is 45.2 Å². The second-order valence-electron chi connectivity index (χ2n) is 4.99. The number of amides is 1. The maximum atomic E-state index is 12.6. The Bertz CT molecular complexity index is 412. The molecule has 0 atom stereocenters. The van der Waals surface area contributed by atoms with Crippen LogP contribution in [0.1, 0.15) is 49.4 Å². The van der Waals surface area contributed by atoms with Crippen LogP contribution in [0.15, 0.2) is 18.3 Å². The van der Waals surface area contributed by atoms with Gasteiger partial charge in [-0.1, -0.05) is 19.3 Å². The quantitative estimate of drug-likeness (QED) is 0.910. The van der Waals surface area contributed by atoms with E-state index in [1.54, 1.807) is 6.20 Å². The van der Waals surface area contributed by atoms with E-state index in [9.17, 15) is 4.79 Å². The van der Waals surface area contributed by atoms with Gasteiger partial charge in [0.2, 0.25) is 0 Å². The van der Waals surface area contributed by atoms with Gasteiger partial charge in [0.1, 0.15) is 5.82 Å². The van der Waals surface area contributed by atoms with Crippen LogP contribution in [0.2, 0.25) is 0 Å². The number of carbonyl (C=O) groups is 1. The van der Waals surface area contributed by atoms with Gasteiger partial charge in [0.05, 0.1) is 5.56 Å². The Labute approximate surface area is 115 Å². The van der Waals surface area contributed by atoms with Crippen molar-refractivity contribution in [1.82, 2.24) is 9.88 Å². The lowest BCUT2D eigenvalue weighted by Gasteiger charge is -2.25. The zero-order chi connectivity index (χ0) is 13.5. The summed E-state index contributed by atoms with van der Waals surface area (Å²) in [6.45, 7) is 4.54. The average Bonchev–Trinajstić information content (AvgIpc) is 2.39. The first-order valence-corrected chi connectivity index (χ1v) is 7.31. The third kappa shape index (κ3) is 3.69. The number of hydrogen-bond acceptors (Lipinski definition) is 3. The van der Waals surface area contributed by atoms with Crippen LogP contribution < -0.4 is 5.32 Å². The second kappa shape index (κ2) is 7.12. The van der Waals surface area contributed by atoms with Crippen molar-refractivity contribution < 1.29 is 4.79 Å². The summed E-state index contributed by atoms with van der Waals surface area (Å²) in [4.78, 5) is 18.9. The van der Waals surface area contributed by atoms with Gasteiger partial charge in [-0.05, 0) is 31.9 Å². The van der Waals surface area contributed by atoms with Crippen LogP contribution in [-0.4, -0.2) is 35.4 Å². The van der Waals surface area contributed by atoms with Crippen molar-refractivity contribution in [2.24, 2.45) is 0 Å². The van der Waals surface area contributed by atoms with Gasteiger partial charge in [-0.3, -0.25) is 4.79 Å². The molecule has 0 spiro atoms. The number of carbonyl (C=O) groups excluding carboxylic acids is 1. The van der Waals surface area contributed by atoms with Gasteiger partial charge in [-0.15, -0.1) is 0 Å². The predicted octanol–water partition coefficient (Wildman–Crippen LogP) is 2.92. The Morgan fingerprint density at radius 1 is 1.26 bits per heavy atom. The largest absolute Gasteiger partial charge is 0.370 e. The molecule has 1 fully saturated rings. The summed E-state index contributed by atoms with van der Waals surface area (Å²) < 4.78 is 0. The average molecular weight is 261 g/mol. The molecule has 1 aromatic rings. The smallest absolute Gasteiger partial charge is 0.257 e. The maximum Gasteiger partial charge on any atom is 0.257 e. The number of nitrogens with one attached hydrogen (secondary N) is 1. The summed E-state index contributed by atoms with van der Waals surface area (Å²) in [5.41, 5.74) is 0.699. The van der Waals surface area contributed by atoms with Crippen molar-refractivity contribution in [1.29, 1.82) is 0 Å². The molecule has 0 bridgehead atoms. The van der Waals surface area contributed by atoms with E-state index < -0.39 is 0 Å². The molecule has 1 N–H and O–H groups in total. The Kier molecular flexibility index (Phi) is 5.19. The summed E-state index contributed by atoms with van der Waals surface area (Å²) in [6, 6.07) is 3.70. The third-order valence-electron chi connectivity index (χ3n) is 3.53. The van der Waals surface area contributed by atoms with Gasteiger partial charge < -0.3 is 10.2 Å². The molecule has 2 rings (SSSR count). The number of likely N-dealkylation sites (tertiary alicyclic amines) is 1. The van der Waals surface area contributed by atoms with E-state index in [1.165, 1.54) is 19.3 Å². The molecule has 1 aliphatic heterocycles. The first kappa shape index (κ1) is 13.8. The van der Waals surface area contributed by atoms with Crippen LogP contribution in [0.4, 0.5) is 5.82 Å². The maximum absolute atomic E-state index is 12.6. The molecule has 0 saturated carbocycles. The van der Waals surface area contributed by atoms with E-state index in [2.05, 4.69) is 10.3 Å². The fourth-order valence-electron chi connectivity index (χ4n) is 2.51. The van der Waals surface area contributed by atoms with Crippen LogP contribution in [0.3, 0.4) is 0 Å². The van der Waals surface area contributed by atoms with E-state index in [0.29, 0.717) is 11.4 Å². The van der Waals surface area contributed by atoms with Crippen molar-refractivity contribution in [2.45, 2.75) is 39.0 Å². The normalized spacial score (nSPS) is 16.6. The van der Waals surface area contributed by atoms with Gasteiger partial charge in [0.25, 0.3) is 5.91 Å². The first-order chi connectivity index (χ1) is 9.33. The highest BCUT2D eigenvalue weighted by atomic mass is 16.2. The summed E-state index contributed by atoms with van der Waals surface area (Å²) in [6.07, 6.45) is 7.72. The van der Waals surface area contributed by atoms with E-state index in [-0.39, 0.29) is 5.91 Å². The Morgan fingerprint density at radius 2 is 1.95 bits per heavy atom. The van der Waals surface area contributed by atoms with Crippen LogP contribution in [0, 0.1) is 0 Å². The molecule has 1 saturated heterocycles. The second-order valence-corrected chi connectivity index (χ2v) is 4.99. The fourth-order valence-corrected chi connectivity index (χ4v) is 2.51. The van der Waals surface area contributed by atoms with Crippen LogP contribution >= 0.6 is 0 Å². The molecular weight excluding hydrogens is 238 g/mol. The van der Waals surface area contributed by atoms with Crippen molar-refractivity contribution >= 4 is 11.7 Å². The van der Waals surface area contributed by atoms with Gasteiger partial charge in [-0.25, -0.2) is 4.98 Å². The molecule has 4 nitrogen and oxygen atoms in total. The number of hydrogen-bond donors (Lipinski definition) is 1. The number of pyridine rings is 1. The number of rotatable bonds is 3. The van der Waals surface area contributed by atoms with Crippen molar-refractivity contribution in [2.75, 3.05) is 25.0 Å². The fraction of sp³-hybridized carbons (Fsp3) is 0.600. The summed E-state index contributed by atoms with van der Waals surface area (Å²) in [5.74, 6) is 0.822. The molecule has 1 amide bonds. The summed E-state index contributed by atoms with van der Waals surface area (Å²) >= 11 is 0. The van der Waals surface area contributed by atoms with Gasteiger partial charge in [0, 0.05) is 25.8 Å².